The van der Waals surface area contributed by atoms with Gasteiger partial charge in [-0.15, -0.1) is 0 Å². The number of hydrogen-bond donors (Lipinski definition) is 0. The van der Waals surface area contributed by atoms with Crippen LogP contribution in [-0.2, 0) is 0 Å². The fourth-order valence-electron chi connectivity index (χ4n) is 1.75. The molecule has 0 heterocycles. The van der Waals surface area contributed by atoms with Crippen LogP contribution in [0.25, 0.3) is 0 Å². The Labute approximate surface area is 121 Å². The first-order valence-corrected chi connectivity index (χ1v) is 6.32. The zero-order chi connectivity index (χ0) is 13.8. The molecule has 1 atom stereocenters. The quantitative estimate of drug-likeness (QED) is 0.782. The van der Waals surface area contributed by atoms with Crippen LogP contribution in [0, 0.1) is 11.3 Å². The molecular weight excluding hydrogens is 281 g/mol. The summed E-state index contributed by atoms with van der Waals surface area (Å²) in [6.07, 6.45) is 0. The minimum Gasteiger partial charge on any atom is -0.292 e. The zero-order valence-electron chi connectivity index (χ0n) is 9.81. The molecule has 4 heteroatoms. The molecule has 19 heavy (non-hydrogen) atoms. The summed E-state index contributed by atoms with van der Waals surface area (Å²) in [7, 11) is 0. The van der Waals surface area contributed by atoms with E-state index in [-0.39, 0.29) is 5.78 Å². The van der Waals surface area contributed by atoms with Crippen LogP contribution in [0.4, 0.5) is 0 Å². The number of nitriles is 1. The van der Waals surface area contributed by atoms with Crippen LogP contribution in [0.5, 0.6) is 0 Å². The second-order valence-corrected chi connectivity index (χ2v) is 4.86. The predicted octanol–water partition coefficient (Wildman–Crippen LogP) is 4.48. The van der Waals surface area contributed by atoms with E-state index in [1.807, 2.05) is 6.07 Å². The van der Waals surface area contributed by atoms with Gasteiger partial charge in [-0.25, -0.2) is 0 Å². The topological polar surface area (TPSA) is 40.9 Å². The second kappa shape index (κ2) is 5.88. The summed E-state index contributed by atoms with van der Waals surface area (Å²) in [6, 6.07) is 15.3. The van der Waals surface area contributed by atoms with Crippen molar-refractivity contribution < 1.29 is 4.79 Å². The maximum absolute atomic E-state index is 12.3. The number of benzene rings is 2. The van der Waals surface area contributed by atoms with E-state index in [0.29, 0.717) is 21.2 Å². The smallest absolute Gasteiger partial charge is 0.184 e. The summed E-state index contributed by atoms with van der Waals surface area (Å²) in [5.74, 6) is -1.12. The van der Waals surface area contributed by atoms with Gasteiger partial charge in [0.1, 0.15) is 5.92 Å². The summed E-state index contributed by atoms with van der Waals surface area (Å²) in [6.45, 7) is 0. The third-order valence-electron chi connectivity index (χ3n) is 2.70. The first kappa shape index (κ1) is 13.6. The van der Waals surface area contributed by atoms with Gasteiger partial charge in [-0.1, -0.05) is 35.3 Å². The van der Waals surface area contributed by atoms with Crippen LogP contribution in [-0.4, -0.2) is 5.78 Å². The van der Waals surface area contributed by atoms with Crippen LogP contribution < -0.4 is 0 Å². The van der Waals surface area contributed by atoms with E-state index < -0.39 is 5.92 Å². The van der Waals surface area contributed by atoms with Crippen LogP contribution >= 0.6 is 23.2 Å². The highest BCUT2D eigenvalue weighted by Crippen LogP contribution is 2.23. The van der Waals surface area contributed by atoms with Crippen LogP contribution in [0.3, 0.4) is 0 Å². The van der Waals surface area contributed by atoms with Crippen molar-refractivity contribution in [1.82, 2.24) is 0 Å². The lowest BCUT2D eigenvalue weighted by atomic mass is 9.92. The fourth-order valence-corrected chi connectivity index (χ4v) is 2.08. The average Bonchev–Trinajstić information content (AvgIpc) is 2.40. The van der Waals surface area contributed by atoms with Crippen molar-refractivity contribution in [1.29, 1.82) is 5.26 Å². The van der Waals surface area contributed by atoms with E-state index in [2.05, 4.69) is 0 Å². The molecular formula is C15H9Cl2NO. The number of carbonyl (C=O) groups is 1. The molecule has 0 aliphatic heterocycles. The van der Waals surface area contributed by atoms with Gasteiger partial charge in [0.2, 0.25) is 0 Å². The van der Waals surface area contributed by atoms with Crippen molar-refractivity contribution in [3.8, 4) is 6.07 Å². The molecule has 2 aromatic carbocycles. The van der Waals surface area contributed by atoms with Gasteiger partial charge >= 0.3 is 0 Å². The lowest BCUT2D eigenvalue weighted by Crippen LogP contribution is -2.11. The molecule has 0 N–H and O–H groups in total. The Morgan fingerprint density at radius 3 is 2.32 bits per heavy atom. The molecule has 94 valence electrons. The number of halogens is 2. The van der Waals surface area contributed by atoms with Crippen molar-refractivity contribution >= 4 is 29.0 Å². The molecule has 0 aromatic heterocycles. The van der Waals surface area contributed by atoms with Crippen molar-refractivity contribution in [3.63, 3.8) is 0 Å². The molecule has 0 bridgehead atoms. The predicted molar refractivity (Wildman–Crippen MR) is 75.6 cm³/mol. The average molecular weight is 290 g/mol. The normalized spacial score (nSPS) is 11.6. The lowest BCUT2D eigenvalue weighted by Gasteiger charge is -2.09. The summed E-state index contributed by atoms with van der Waals surface area (Å²) in [5, 5.41) is 10.3. The highest BCUT2D eigenvalue weighted by molar-refractivity contribution is 6.31. The van der Waals surface area contributed by atoms with Gasteiger partial charge in [-0.05, 0) is 42.0 Å². The Hall–Kier alpha value is -1.82. The van der Waals surface area contributed by atoms with Crippen LogP contribution in [0.2, 0.25) is 10.0 Å². The third kappa shape index (κ3) is 3.14. The maximum Gasteiger partial charge on any atom is 0.184 e. The van der Waals surface area contributed by atoms with Crippen molar-refractivity contribution in [2.75, 3.05) is 0 Å². The van der Waals surface area contributed by atoms with E-state index in [9.17, 15) is 10.1 Å². The van der Waals surface area contributed by atoms with Crippen molar-refractivity contribution in [2.24, 2.45) is 0 Å². The molecule has 1 unspecified atom stereocenters. The van der Waals surface area contributed by atoms with Crippen LogP contribution in [0.1, 0.15) is 21.8 Å². The number of nitrogens with zero attached hydrogens (tertiary/aromatic N) is 1. The third-order valence-corrected chi connectivity index (χ3v) is 3.19. The molecule has 0 saturated heterocycles. The number of Topliss-reactive ketones (excluding diaryl/α,β-unsaturated/α-hetero) is 1. The molecule has 0 fully saturated rings. The van der Waals surface area contributed by atoms with Crippen molar-refractivity contribution in [2.45, 2.75) is 5.92 Å². The van der Waals surface area contributed by atoms with E-state index in [0.717, 1.165) is 0 Å². The van der Waals surface area contributed by atoms with E-state index >= 15 is 0 Å². The van der Waals surface area contributed by atoms with Gasteiger partial charge in [0.25, 0.3) is 0 Å². The summed E-state index contributed by atoms with van der Waals surface area (Å²) >= 11 is 11.7. The number of rotatable bonds is 3. The largest absolute Gasteiger partial charge is 0.292 e. The summed E-state index contributed by atoms with van der Waals surface area (Å²) in [5.41, 5.74) is 1.05. The molecule has 2 aromatic rings. The SMILES string of the molecule is N#CC(C(=O)c1ccc(Cl)cc1)c1cccc(Cl)c1. The molecule has 0 spiro atoms. The fraction of sp³-hybridized carbons (Fsp3) is 0.0667. The Morgan fingerprint density at radius 1 is 1.05 bits per heavy atom. The minimum absolute atomic E-state index is 0.263. The molecule has 0 radical (unpaired) electrons. The van der Waals surface area contributed by atoms with E-state index in [1.165, 1.54) is 0 Å². The molecule has 0 saturated carbocycles. The van der Waals surface area contributed by atoms with Crippen LogP contribution in [0.15, 0.2) is 48.5 Å². The lowest BCUT2D eigenvalue weighted by molar-refractivity contribution is 0.0979. The first-order valence-electron chi connectivity index (χ1n) is 5.56. The highest BCUT2D eigenvalue weighted by atomic mass is 35.5. The first-order chi connectivity index (χ1) is 9.11. The molecule has 0 amide bonds. The van der Waals surface area contributed by atoms with Gasteiger partial charge in [-0.3, -0.25) is 4.79 Å². The number of carbonyl (C=O) groups excluding carboxylic acids is 1. The van der Waals surface area contributed by atoms with Gasteiger partial charge in [0.05, 0.1) is 6.07 Å². The molecule has 2 rings (SSSR count). The Balaban J connectivity index is 2.35. The standard InChI is InChI=1S/C15H9Cl2NO/c16-12-6-4-10(5-7-12)15(19)14(9-18)11-2-1-3-13(17)8-11/h1-8,14H. The number of hydrogen-bond acceptors (Lipinski definition) is 2. The van der Waals surface area contributed by atoms with Crippen molar-refractivity contribution in [3.05, 3.63) is 69.7 Å². The van der Waals surface area contributed by atoms with Gasteiger partial charge in [0, 0.05) is 15.6 Å². The zero-order valence-corrected chi connectivity index (χ0v) is 11.3. The minimum atomic E-state index is -0.861. The molecule has 2 nitrogen and oxygen atoms in total. The Morgan fingerprint density at radius 2 is 1.74 bits per heavy atom. The molecule has 0 aliphatic carbocycles. The van der Waals surface area contributed by atoms with E-state index in [4.69, 9.17) is 23.2 Å². The maximum atomic E-state index is 12.3. The van der Waals surface area contributed by atoms with Gasteiger partial charge in [-0.2, -0.15) is 5.26 Å². The number of ketones is 1. The Bertz CT molecular complexity index is 644. The second-order valence-electron chi connectivity index (χ2n) is 3.99. The van der Waals surface area contributed by atoms with Gasteiger partial charge in [0.15, 0.2) is 5.78 Å². The highest BCUT2D eigenvalue weighted by Gasteiger charge is 2.21. The van der Waals surface area contributed by atoms with E-state index in [1.54, 1.807) is 48.5 Å². The van der Waals surface area contributed by atoms with Gasteiger partial charge < -0.3 is 0 Å². The summed E-state index contributed by atoms with van der Waals surface area (Å²) in [4.78, 5) is 12.3. The molecule has 0 aliphatic rings. The Kier molecular flexibility index (Phi) is 4.21. The monoisotopic (exact) mass is 289 g/mol. The summed E-state index contributed by atoms with van der Waals surface area (Å²) < 4.78 is 0.